The first-order chi connectivity index (χ1) is 12.2. The van der Waals surface area contributed by atoms with Gasteiger partial charge >= 0.3 is 5.97 Å². The number of imidazole rings is 1. The summed E-state index contributed by atoms with van der Waals surface area (Å²) >= 11 is 1.43. The maximum Gasteiger partial charge on any atom is 0.357 e. The van der Waals surface area contributed by atoms with Crippen LogP contribution in [0.4, 0.5) is 0 Å². The summed E-state index contributed by atoms with van der Waals surface area (Å²) in [6.07, 6.45) is 3.36. The van der Waals surface area contributed by atoms with Crippen LogP contribution in [0.1, 0.15) is 10.5 Å². The number of amides is 1. The molecule has 0 aliphatic carbocycles. The van der Waals surface area contributed by atoms with Crippen LogP contribution in [0.25, 0.3) is 5.69 Å². The molecular formula is C17H19N3O4S. The fourth-order valence-corrected chi connectivity index (χ4v) is 3.10. The van der Waals surface area contributed by atoms with E-state index in [4.69, 9.17) is 9.47 Å². The lowest BCUT2D eigenvalue weighted by atomic mass is 10.3. The largest absolute Gasteiger partial charge is 0.451 e. The fourth-order valence-electron chi connectivity index (χ4n) is 2.55. The van der Waals surface area contributed by atoms with E-state index in [1.165, 1.54) is 18.0 Å². The maximum atomic E-state index is 12.5. The second-order valence-corrected chi connectivity index (χ2v) is 6.14. The van der Waals surface area contributed by atoms with Crippen LogP contribution in [-0.2, 0) is 14.3 Å². The van der Waals surface area contributed by atoms with Crippen LogP contribution < -0.4 is 0 Å². The Bertz CT molecular complexity index is 742. The van der Waals surface area contributed by atoms with Crippen LogP contribution in [0, 0.1) is 0 Å². The van der Waals surface area contributed by atoms with Crippen molar-refractivity contribution in [3.63, 3.8) is 0 Å². The van der Waals surface area contributed by atoms with Crippen molar-refractivity contribution in [3.8, 4) is 5.69 Å². The lowest BCUT2D eigenvalue weighted by Crippen LogP contribution is -2.42. The van der Waals surface area contributed by atoms with Gasteiger partial charge in [-0.3, -0.25) is 9.36 Å². The molecule has 1 amide bonds. The molecule has 0 spiro atoms. The second-order valence-electron chi connectivity index (χ2n) is 5.37. The monoisotopic (exact) mass is 361 g/mol. The third-order valence-electron chi connectivity index (χ3n) is 3.83. The zero-order chi connectivity index (χ0) is 17.6. The van der Waals surface area contributed by atoms with Gasteiger partial charge in [-0.2, -0.15) is 0 Å². The van der Waals surface area contributed by atoms with Gasteiger partial charge in [0.05, 0.1) is 19.4 Å². The van der Waals surface area contributed by atoms with Crippen LogP contribution in [0.2, 0.25) is 0 Å². The number of hydrogen-bond donors (Lipinski definition) is 0. The first kappa shape index (κ1) is 17.5. The number of nitrogens with zero attached hydrogens (tertiary/aromatic N) is 3. The Morgan fingerprint density at radius 3 is 2.64 bits per heavy atom. The van der Waals surface area contributed by atoms with Gasteiger partial charge in [0.15, 0.2) is 17.5 Å². The molecule has 132 valence electrons. The highest BCUT2D eigenvalue weighted by atomic mass is 32.2. The van der Waals surface area contributed by atoms with Gasteiger partial charge < -0.3 is 14.4 Å². The Kier molecular flexibility index (Phi) is 5.72. The number of ether oxygens (including phenoxy) is 2. The molecule has 1 aromatic carbocycles. The molecule has 1 aromatic heterocycles. The summed E-state index contributed by atoms with van der Waals surface area (Å²) in [4.78, 5) is 30.5. The van der Waals surface area contributed by atoms with Crippen LogP contribution in [0.3, 0.4) is 0 Å². The average molecular weight is 361 g/mol. The van der Waals surface area contributed by atoms with Crippen molar-refractivity contribution in [3.05, 3.63) is 42.2 Å². The lowest BCUT2D eigenvalue weighted by Gasteiger charge is -2.26. The van der Waals surface area contributed by atoms with E-state index in [9.17, 15) is 9.59 Å². The van der Waals surface area contributed by atoms with Crippen molar-refractivity contribution in [1.29, 1.82) is 0 Å². The predicted octanol–water partition coefficient (Wildman–Crippen LogP) is 1.61. The third-order valence-corrected chi connectivity index (χ3v) is 4.48. The van der Waals surface area contributed by atoms with Gasteiger partial charge in [0.25, 0.3) is 5.91 Å². The molecule has 1 saturated heterocycles. The Morgan fingerprint density at radius 2 is 1.96 bits per heavy atom. The quantitative estimate of drug-likeness (QED) is 0.595. The van der Waals surface area contributed by atoms with E-state index in [1.807, 2.05) is 36.6 Å². The van der Waals surface area contributed by atoms with E-state index < -0.39 is 5.97 Å². The highest BCUT2D eigenvalue weighted by molar-refractivity contribution is 7.98. The highest BCUT2D eigenvalue weighted by Gasteiger charge is 2.22. The van der Waals surface area contributed by atoms with Crippen molar-refractivity contribution < 1.29 is 19.1 Å². The standard InChI is InChI=1S/C17H19N3O4S/c1-25-17-18-11-14(20(17)13-5-3-2-4-6-13)16(22)24-12-15(21)19-7-9-23-10-8-19/h2-6,11H,7-10,12H2,1H3. The summed E-state index contributed by atoms with van der Waals surface area (Å²) in [6.45, 7) is 1.78. The van der Waals surface area contributed by atoms with E-state index >= 15 is 0 Å². The van der Waals surface area contributed by atoms with Crippen molar-refractivity contribution in [2.75, 3.05) is 39.2 Å². The summed E-state index contributed by atoms with van der Waals surface area (Å²) in [7, 11) is 0. The summed E-state index contributed by atoms with van der Waals surface area (Å²) in [5, 5.41) is 0.678. The zero-order valence-corrected chi connectivity index (χ0v) is 14.7. The number of para-hydroxylation sites is 1. The highest BCUT2D eigenvalue weighted by Crippen LogP contribution is 2.22. The summed E-state index contributed by atoms with van der Waals surface area (Å²) < 4.78 is 12.2. The topological polar surface area (TPSA) is 73.7 Å². The predicted molar refractivity (Wildman–Crippen MR) is 93.0 cm³/mol. The van der Waals surface area contributed by atoms with E-state index in [0.717, 1.165) is 5.69 Å². The van der Waals surface area contributed by atoms with Gasteiger partial charge in [0.1, 0.15) is 0 Å². The number of morpholine rings is 1. The van der Waals surface area contributed by atoms with E-state index in [1.54, 1.807) is 9.47 Å². The molecule has 2 aromatic rings. The number of thioether (sulfide) groups is 1. The number of esters is 1. The molecule has 0 saturated carbocycles. The minimum atomic E-state index is -0.571. The zero-order valence-electron chi connectivity index (χ0n) is 13.9. The molecule has 0 unspecified atom stereocenters. The van der Waals surface area contributed by atoms with Crippen molar-refractivity contribution in [2.24, 2.45) is 0 Å². The Hall–Kier alpha value is -2.32. The summed E-state index contributed by atoms with van der Waals surface area (Å²) in [5.41, 5.74) is 1.11. The lowest BCUT2D eigenvalue weighted by molar-refractivity contribution is -0.138. The van der Waals surface area contributed by atoms with Crippen molar-refractivity contribution in [2.45, 2.75) is 5.16 Å². The van der Waals surface area contributed by atoms with Crippen LogP contribution >= 0.6 is 11.8 Å². The maximum absolute atomic E-state index is 12.5. The molecule has 7 nitrogen and oxygen atoms in total. The molecule has 0 N–H and O–H groups in total. The molecule has 0 radical (unpaired) electrons. The molecule has 8 heteroatoms. The molecule has 25 heavy (non-hydrogen) atoms. The van der Waals surface area contributed by atoms with Gasteiger partial charge in [-0.1, -0.05) is 30.0 Å². The molecule has 2 heterocycles. The van der Waals surface area contributed by atoms with E-state index in [-0.39, 0.29) is 12.5 Å². The first-order valence-electron chi connectivity index (χ1n) is 7.90. The molecule has 1 fully saturated rings. The van der Waals surface area contributed by atoms with Crippen molar-refractivity contribution >= 4 is 23.6 Å². The number of hydrogen-bond acceptors (Lipinski definition) is 6. The molecule has 0 atom stereocenters. The van der Waals surface area contributed by atoms with Crippen LogP contribution in [0.15, 0.2) is 41.7 Å². The Labute approximate surface area is 149 Å². The molecule has 1 aliphatic rings. The molecule has 0 bridgehead atoms. The van der Waals surface area contributed by atoms with Crippen LogP contribution in [0.5, 0.6) is 0 Å². The number of rotatable bonds is 5. The number of carbonyl (C=O) groups is 2. The van der Waals surface area contributed by atoms with Gasteiger partial charge in [0, 0.05) is 18.8 Å². The van der Waals surface area contributed by atoms with E-state index in [2.05, 4.69) is 4.98 Å². The van der Waals surface area contributed by atoms with Crippen LogP contribution in [-0.4, -0.2) is 65.5 Å². The number of benzene rings is 1. The number of carbonyl (C=O) groups excluding carboxylic acids is 2. The first-order valence-corrected chi connectivity index (χ1v) is 9.13. The number of aromatic nitrogens is 2. The fraction of sp³-hybridized carbons (Fsp3) is 0.353. The second kappa shape index (κ2) is 8.17. The van der Waals surface area contributed by atoms with Gasteiger partial charge in [0.2, 0.25) is 0 Å². The van der Waals surface area contributed by atoms with E-state index in [0.29, 0.717) is 37.2 Å². The van der Waals surface area contributed by atoms with Gasteiger partial charge in [-0.05, 0) is 18.4 Å². The van der Waals surface area contributed by atoms with Gasteiger partial charge in [-0.15, -0.1) is 0 Å². The SMILES string of the molecule is CSc1ncc(C(=O)OCC(=O)N2CCOCC2)n1-c1ccccc1. The normalized spacial score (nSPS) is 14.4. The van der Waals surface area contributed by atoms with Gasteiger partial charge in [-0.25, -0.2) is 9.78 Å². The molecular weight excluding hydrogens is 342 g/mol. The summed E-state index contributed by atoms with van der Waals surface area (Å²) in [5.74, 6) is -0.786. The smallest absolute Gasteiger partial charge is 0.357 e. The minimum Gasteiger partial charge on any atom is -0.451 e. The Morgan fingerprint density at radius 1 is 1.24 bits per heavy atom. The molecule has 3 rings (SSSR count). The summed E-state index contributed by atoms with van der Waals surface area (Å²) in [6, 6.07) is 9.44. The molecule has 1 aliphatic heterocycles. The van der Waals surface area contributed by atoms with Crippen molar-refractivity contribution in [1.82, 2.24) is 14.5 Å². The minimum absolute atomic E-state index is 0.215. The average Bonchev–Trinajstić information content (AvgIpc) is 3.11. The Balaban J connectivity index is 1.72. The third kappa shape index (κ3) is 4.02.